The first-order chi connectivity index (χ1) is 6.57. The van der Waals surface area contributed by atoms with Crippen LogP contribution in [0.3, 0.4) is 0 Å². The van der Waals surface area contributed by atoms with Crippen LogP contribution in [0.4, 0.5) is 0 Å². The van der Waals surface area contributed by atoms with Crippen molar-refractivity contribution in [2.75, 3.05) is 7.11 Å². The molecule has 14 heavy (non-hydrogen) atoms. The van der Waals surface area contributed by atoms with Crippen molar-refractivity contribution >= 4 is 11.6 Å². The number of aryl methyl sites for hydroxylation is 1. The van der Waals surface area contributed by atoms with Gasteiger partial charge in [-0.05, 0) is 25.5 Å². The van der Waals surface area contributed by atoms with Crippen molar-refractivity contribution in [1.29, 1.82) is 0 Å². The summed E-state index contributed by atoms with van der Waals surface area (Å²) >= 11 is 6.01. The smallest absolute Gasteiger partial charge is 0.107 e. The summed E-state index contributed by atoms with van der Waals surface area (Å²) < 4.78 is 5.07. The summed E-state index contributed by atoms with van der Waals surface area (Å²) in [6.45, 7) is 3.74. The molecule has 0 fully saturated rings. The number of methoxy groups -OCH3 is 1. The fourth-order valence-corrected chi connectivity index (χ4v) is 1.72. The molecule has 0 saturated carbocycles. The molecule has 0 aliphatic carbocycles. The van der Waals surface area contributed by atoms with E-state index < -0.39 is 6.10 Å². The summed E-state index contributed by atoms with van der Waals surface area (Å²) in [7, 11) is 1.57. The Kier molecular flexibility index (Phi) is 3.93. The summed E-state index contributed by atoms with van der Waals surface area (Å²) in [5.41, 5.74) is 1.73. The number of aliphatic hydroxyl groups is 1. The second-order valence-electron chi connectivity index (χ2n) is 3.36. The zero-order chi connectivity index (χ0) is 10.7. The molecule has 1 aromatic rings. The van der Waals surface area contributed by atoms with Crippen molar-refractivity contribution in [3.63, 3.8) is 0 Å². The third-order valence-corrected chi connectivity index (χ3v) is 2.71. The molecular formula is C11H15ClO2. The third-order valence-electron chi connectivity index (χ3n) is 2.38. The molecule has 0 amide bonds. The SMILES string of the molecule is CO[C@H](C)[C@H](O)c1c(C)cccc1Cl. The molecule has 0 aliphatic heterocycles. The quantitative estimate of drug-likeness (QED) is 0.839. The molecule has 0 bridgehead atoms. The molecule has 3 heteroatoms. The lowest BCUT2D eigenvalue weighted by Gasteiger charge is -2.20. The van der Waals surface area contributed by atoms with Gasteiger partial charge >= 0.3 is 0 Å². The maximum atomic E-state index is 9.94. The highest BCUT2D eigenvalue weighted by molar-refractivity contribution is 6.31. The Morgan fingerprint density at radius 2 is 2.07 bits per heavy atom. The van der Waals surface area contributed by atoms with E-state index in [0.717, 1.165) is 11.1 Å². The van der Waals surface area contributed by atoms with Crippen LogP contribution >= 0.6 is 11.6 Å². The normalized spacial score (nSPS) is 15.2. The van der Waals surface area contributed by atoms with E-state index in [1.54, 1.807) is 13.2 Å². The predicted octanol–water partition coefficient (Wildman–Crippen LogP) is 2.72. The standard InChI is InChI=1S/C11H15ClO2/c1-7-5-4-6-9(12)10(7)11(13)8(2)14-3/h4-6,8,11,13H,1-3H3/t8-,11+/m1/s1. The fraction of sp³-hybridized carbons (Fsp3) is 0.455. The number of benzene rings is 1. The second-order valence-corrected chi connectivity index (χ2v) is 3.76. The Balaban J connectivity index is 3.05. The third kappa shape index (κ3) is 2.27. The van der Waals surface area contributed by atoms with Gasteiger partial charge in [0.05, 0.1) is 6.10 Å². The maximum Gasteiger partial charge on any atom is 0.107 e. The van der Waals surface area contributed by atoms with Gasteiger partial charge in [-0.2, -0.15) is 0 Å². The second kappa shape index (κ2) is 4.78. The van der Waals surface area contributed by atoms with Gasteiger partial charge in [0.25, 0.3) is 0 Å². The van der Waals surface area contributed by atoms with Gasteiger partial charge < -0.3 is 9.84 Å². The lowest BCUT2D eigenvalue weighted by molar-refractivity contribution is -0.00167. The Bertz CT molecular complexity index is 292. The van der Waals surface area contributed by atoms with E-state index in [1.807, 2.05) is 26.0 Å². The number of halogens is 1. The molecule has 0 radical (unpaired) electrons. The van der Waals surface area contributed by atoms with Crippen LogP contribution in [0.1, 0.15) is 24.2 Å². The predicted molar refractivity (Wildman–Crippen MR) is 57.6 cm³/mol. The molecule has 1 aromatic carbocycles. The van der Waals surface area contributed by atoms with Crippen LogP contribution in [0.2, 0.25) is 5.02 Å². The zero-order valence-corrected chi connectivity index (χ0v) is 9.38. The molecule has 0 saturated heterocycles. The summed E-state index contributed by atoms with van der Waals surface area (Å²) in [5.74, 6) is 0. The first-order valence-corrected chi connectivity index (χ1v) is 4.91. The number of ether oxygens (including phenoxy) is 1. The summed E-state index contributed by atoms with van der Waals surface area (Å²) in [4.78, 5) is 0. The largest absolute Gasteiger partial charge is 0.386 e. The first-order valence-electron chi connectivity index (χ1n) is 4.53. The lowest BCUT2D eigenvalue weighted by Crippen LogP contribution is -2.18. The Hall–Kier alpha value is -0.570. The number of rotatable bonds is 3. The molecule has 0 aliphatic rings. The fourth-order valence-electron chi connectivity index (χ4n) is 1.38. The highest BCUT2D eigenvalue weighted by Gasteiger charge is 2.20. The first kappa shape index (κ1) is 11.5. The van der Waals surface area contributed by atoms with Gasteiger partial charge in [0.15, 0.2) is 0 Å². The number of hydrogen-bond acceptors (Lipinski definition) is 2. The van der Waals surface area contributed by atoms with Gasteiger partial charge in [0.1, 0.15) is 6.10 Å². The highest BCUT2D eigenvalue weighted by Crippen LogP contribution is 2.29. The van der Waals surface area contributed by atoms with Crippen LogP contribution in [0.5, 0.6) is 0 Å². The molecule has 0 heterocycles. The zero-order valence-electron chi connectivity index (χ0n) is 8.62. The molecule has 2 nitrogen and oxygen atoms in total. The van der Waals surface area contributed by atoms with E-state index in [-0.39, 0.29) is 6.10 Å². The van der Waals surface area contributed by atoms with E-state index in [2.05, 4.69) is 0 Å². The maximum absolute atomic E-state index is 9.94. The van der Waals surface area contributed by atoms with Crippen molar-refractivity contribution in [3.05, 3.63) is 34.3 Å². The Labute approximate surface area is 89.5 Å². The van der Waals surface area contributed by atoms with Crippen LogP contribution in [-0.2, 0) is 4.74 Å². The Morgan fingerprint density at radius 3 is 2.57 bits per heavy atom. The van der Waals surface area contributed by atoms with E-state index >= 15 is 0 Å². The van der Waals surface area contributed by atoms with Crippen LogP contribution in [0, 0.1) is 6.92 Å². The van der Waals surface area contributed by atoms with Crippen LogP contribution in [-0.4, -0.2) is 18.3 Å². The average Bonchev–Trinajstić information content (AvgIpc) is 2.16. The number of aliphatic hydroxyl groups excluding tert-OH is 1. The minimum Gasteiger partial charge on any atom is -0.386 e. The molecule has 0 aromatic heterocycles. The molecular weight excluding hydrogens is 200 g/mol. The Morgan fingerprint density at radius 1 is 1.43 bits per heavy atom. The monoisotopic (exact) mass is 214 g/mol. The van der Waals surface area contributed by atoms with Crippen LogP contribution < -0.4 is 0 Å². The van der Waals surface area contributed by atoms with Crippen molar-refractivity contribution < 1.29 is 9.84 Å². The lowest BCUT2D eigenvalue weighted by atomic mass is 10.0. The van der Waals surface area contributed by atoms with Crippen molar-refractivity contribution in [2.45, 2.75) is 26.1 Å². The number of hydrogen-bond donors (Lipinski definition) is 1. The van der Waals surface area contributed by atoms with Crippen molar-refractivity contribution in [2.24, 2.45) is 0 Å². The summed E-state index contributed by atoms with van der Waals surface area (Å²) in [6, 6.07) is 5.56. The van der Waals surface area contributed by atoms with Crippen molar-refractivity contribution in [1.82, 2.24) is 0 Å². The van der Waals surface area contributed by atoms with Gasteiger partial charge in [-0.15, -0.1) is 0 Å². The molecule has 78 valence electrons. The van der Waals surface area contributed by atoms with E-state index in [9.17, 15) is 5.11 Å². The van der Waals surface area contributed by atoms with Gasteiger partial charge in [0, 0.05) is 17.7 Å². The summed E-state index contributed by atoms with van der Waals surface area (Å²) in [5, 5.41) is 10.5. The van der Waals surface area contributed by atoms with Gasteiger partial charge in [-0.1, -0.05) is 23.7 Å². The van der Waals surface area contributed by atoms with Gasteiger partial charge in [-0.3, -0.25) is 0 Å². The van der Waals surface area contributed by atoms with E-state index in [0.29, 0.717) is 5.02 Å². The molecule has 2 atom stereocenters. The average molecular weight is 215 g/mol. The minimum atomic E-state index is -0.673. The topological polar surface area (TPSA) is 29.5 Å². The highest BCUT2D eigenvalue weighted by atomic mass is 35.5. The summed E-state index contributed by atoms with van der Waals surface area (Å²) in [6.07, 6.45) is -0.928. The van der Waals surface area contributed by atoms with Crippen LogP contribution in [0.25, 0.3) is 0 Å². The molecule has 1 N–H and O–H groups in total. The van der Waals surface area contributed by atoms with Crippen LogP contribution in [0.15, 0.2) is 18.2 Å². The van der Waals surface area contributed by atoms with Crippen molar-refractivity contribution in [3.8, 4) is 0 Å². The van der Waals surface area contributed by atoms with Gasteiger partial charge in [-0.25, -0.2) is 0 Å². The minimum absolute atomic E-state index is 0.256. The molecule has 0 spiro atoms. The van der Waals surface area contributed by atoms with E-state index in [1.165, 1.54) is 0 Å². The molecule has 0 unspecified atom stereocenters. The van der Waals surface area contributed by atoms with E-state index in [4.69, 9.17) is 16.3 Å². The van der Waals surface area contributed by atoms with Gasteiger partial charge in [0.2, 0.25) is 0 Å². The molecule has 1 rings (SSSR count).